The van der Waals surface area contributed by atoms with E-state index in [2.05, 4.69) is 62.4 Å². The van der Waals surface area contributed by atoms with Gasteiger partial charge in [0.15, 0.2) is 0 Å². The van der Waals surface area contributed by atoms with Crippen LogP contribution in [0.3, 0.4) is 0 Å². The van der Waals surface area contributed by atoms with E-state index >= 15 is 0 Å². The van der Waals surface area contributed by atoms with Gasteiger partial charge in [0.25, 0.3) is 0 Å². The fraction of sp³-hybridized carbons (Fsp3) is 0.444. The average Bonchev–Trinajstić information content (AvgIpc) is 3.32. The molecule has 7 heteroatoms. The molecule has 0 aliphatic carbocycles. The Balaban J connectivity index is 1.23. The third-order valence-corrected chi connectivity index (χ3v) is 7.62. The lowest BCUT2D eigenvalue weighted by Crippen LogP contribution is -2.49. The molecular weight excluding hydrogens is 422 g/mol. The quantitative estimate of drug-likeness (QED) is 0.653. The highest BCUT2D eigenvalue weighted by atomic mass is 15.3. The molecule has 3 aliphatic heterocycles. The van der Waals surface area contributed by atoms with Gasteiger partial charge in [0.05, 0.1) is 28.7 Å². The number of nitrogens with zero attached hydrogens (tertiary/aromatic N) is 6. The molecule has 6 rings (SSSR count). The molecule has 5 heterocycles. The molecule has 0 radical (unpaired) electrons. The van der Waals surface area contributed by atoms with Crippen molar-refractivity contribution in [1.29, 1.82) is 5.26 Å². The summed E-state index contributed by atoms with van der Waals surface area (Å²) in [5, 5.41) is 14.0. The molecular formula is C27H31N7. The fourth-order valence-electron chi connectivity index (χ4n) is 5.93. The van der Waals surface area contributed by atoms with Crippen LogP contribution in [-0.2, 0) is 13.1 Å². The first kappa shape index (κ1) is 21.3. The molecule has 2 saturated heterocycles. The number of nitrogens with one attached hydrogen (secondary N) is 1. The Morgan fingerprint density at radius 1 is 1.06 bits per heavy atom. The van der Waals surface area contributed by atoms with E-state index in [9.17, 15) is 5.26 Å². The lowest BCUT2D eigenvalue weighted by atomic mass is 9.93. The fourth-order valence-corrected chi connectivity index (χ4v) is 5.93. The van der Waals surface area contributed by atoms with Gasteiger partial charge in [-0.1, -0.05) is 6.92 Å². The summed E-state index contributed by atoms with van der Waals surface area (Å²) in [6, 6.07) is 13.2. The first-order valence-electron chi connectivity index (χ1n) is 12.4. The van der Waals surface area contributed by atoms with Crippen molar-refractivity contribution in [2.24, 2.45) is 5.92 Å². The number of piperazine rings is 1. The monoisotopic (exact) mass is 453 g/mol. The summed E-state index contributed by atoms with van der Waals surface area (Å²) in [7, 11) is 0. The highest BCUT2D eigenvalue weighted by molar-refractivity contribution is 5.95. The second kappa shape index (κ2) is 8.86. The molecule has 0 unspecified atom stereocenters. The Kier molecular flexibility index (Phi) is 5.56. The zero-order chi connectivity index (χ0) is 23.1. The largest absolute Gasteiger partial charge is 0.369 e. The number of aromatic nitrogens is 2. The molecule has 2 aromatic heterocycles. The lowest BCUT2D eigenvalue weighted by Gasteiger charge is -2.42. The summed E-state index contributed by atoms with van der Waals surface area (Å²) in [5.74, 6) is 0.592. The van der Waals surface area contributed by atoms with Crippen molar-refractivity contribution >= 4 is 22.3 Å². The smallest absolute Gasteiger partial charge is 0.101 e. The van der Waals surface area contributed by atoms with Crippen LogP contribution in [0.25, 0.3) is 10.9 Å². The number of pyridine rings is 2. The van der Waals surface area contributed by atoms with Crippen LogP contribution < -0.4 is 15.1 Å². The molecule has 0 amide bonds. The molecule has 1 N–H and O–H groups in total. The van der Waals surface area contributed by atoms with E-state index in [0.717, 1.165) is 63.3 Å². The zero-order valence-corrected chi connectivity index (χ0v) is 19.7. The number of benzene rings is 1. The van der Waals surface area contributed by atoms with Gasteiger partial charge in [0.2, 0.25) is 0 Å². The zero-order valence-electron chi connectivity index (χ0n) is 19.7. The molecule has 0 saturated carbocycles. The van der Waals surface area contributed by atoms with Crippen LogP contribution in [0.1, 0.15) is 30.2 Å². The van der Waals surface area contributed by atoms with Crippen LogP contribution in [0.5, 0.6) is 0 Å². The lowest BCUT2D eigenvalue weighted by molar-refractivity contribution is 0.157. The molecule has 2 atom stereocenters. The van der Waals surface area contributed by atoms with Gasteiger partial charge < -0.3 is 15.1 Å². The van der Waals surface area contributed by atoms with E-state index in [4.69, 9.17) is 4.98 Å². The normalized spacial score (nSPS) is 23.2. The summed E-state index contributed by atoms with van der Waals surface area (Å²) < 4.78 is 0. The minimum atomic E-state index is 0.475. The number of hydrogen-bond donors (Lipinski definition) is 1. The SMILES string of the molecule is C[C@H]1C[C@@H](N2Cc3cc(N4CCNCC4)cnc3C2)CN(c2ccc(C#N)c3ncccc23)C1. The Labute approximate surface area is 201 Å². The van der Waals surface area contributed by atoms with Gasteiger partial charge in [-0.05, 0) is 48.2 Å². The number of fused-ring (bicyclic) bond motifs is 2. The Hall–Kier alpha value is -3.21. The van der Waals surface area contributed by atoms with Gasteiger partial charge in [-0.25, -0.2) is 0 Å². The van der Waals surface area contributed by atoms with E-state index in [-0.39, 0.29) is 0 Å². The van der Waals surface area contributed by atoms with E-state index < -0.39 is 0 Å². The molecule has 0 bridgehead atoms. The third kappa shape index (κ3) is 3.87. The Morgan fingerprint density at radius 3 is 2.79 bits per heavy atom. The molecule has 3 aromatic rings. The summed E-state index contributed by atoms with van der Waals surface area (Å²) in [4.78, 5) is 17.0. The predicted molar refractivity (Wildman–Crippen MR) is 135 cm³/mol. The highest BCUT2D eigenvalue weighted by Gasteiger charge is 2.34. The summed E-state index contributed by atoms with van der Waals surface area (Å²) in [6.07, 6.45) is 5.04. The summed E-state index contributed by atoms with van der Waals surface area (Å²) in [5.41, 5.74) is 6.51. The second-order valence-electron chi connectivity index (χ2n) is 9.98. The maximum Gasteiger partial charge on any atom is 0.101 e. The van der Waals surface area contributed by atoms with Crippen LogP contribution in [0, 0.1) is 17.2 Å². The van der Waals surface area contributed by atoms with E-state index in [1.165, 1.54) is 29.1 Å². The summed E-state index contributed by atoms with van der Waals surface area (Å²) >= 11 is 0. The molecule has 174 valence electrons. The number of nitriles is 1. The van der Waals surface area contributed by atoms with Gasteiger partial charge in [-0.15, -0.1) is 0 Å². The number of hydrogen-bond acceptors (Lipinski definition) is 7. The van der Waals surface area contributed by atoms with Gasteiger partial charge in [0, 0.05) is 75.7 Å². The highest BCUT2D eigenvalue weighted by Crippen LogP contribution is 2.35. The Morgan fingerprint density at radius 2 is 1.94 bits per heavy atom. The van der Waals surface area contributed by atoms with Gasteiger partial charge in [-0.3, -0.25) is 14.9 Å². The molecule has 7 nitrogen and oxygen atoms in total. The first-order chi connectivity index (χ1) is 16.7. The molecule has 34 heavy (non-hydrogen) atoms. The van der Waals surface area contributed by atoms with Crippen molar-refractivity contribution in [2.45, 2.75) is 32.5 Å². The second-order valence-corrected chi connectivity index (χ2v) is 9.98. The third-order valence-electron chi connectivity index (χ3n) is 7.62. The Bertz CT molecular complexity index is 1240. The van der Waals surface area contributed by atoms with E-state index in [1.807, 2.05) is 12.1 Å². The van der Waals surface area contributed by atoms with Crippen LogP contribution in [0.2, 0.25) is 0 Å². The molecule has 3 aliphatic rings. The van der Waals surface area contributed by atoms with Crippen molar-refractivity contribution in [1.82, 2.24) is 20.2 Å². The van der Waals surface area contributed by atoms with Gasteiger partial charge in [-0.2, -0.15) is 5.26 Å². The molecule has 1 aromatic carbocycles. The first-order valence-corrected chi connectivity index (χ1v) is 12.4. The van der Waals surface area contributed by atoms with Crippen molar-refractivity contribution < 1.29 is 0 Å². The molecule has 0 spiro atoms. The van der Waals surface area contributed by atoms with Crippen LogP contribution >= 0.6 is 0 Å². The number of piperidine rings is 1. The maximum atomic E-state index is 9.53. The van der Waals surface area contributed by atoms with Gasteiger partial charge >= 0.3 is 0 Å². The van der Waals surface area contributed by atoms with Crippen molar-refractivity contribution in [3.63, 3.8) is 0 Å². The average molecular weight is 454 g/mol. The topological polar surface area (TPSA) is 71.3 Å². The summed E-state index contributed by atoms with van der Waals surface area (Å²) in [6.45, 7) is 10.4. The van der Waals surface area contributed by atoms with Crippen LogP contribution in [0.15, 0.2) is 42.7 Å². The van der Waals surface area contributed by atoms with Crippen LogP contribution in [0.4, 0.5) is 11.4 Å². The molecule has 2 fully saturated rings. The van der Waals surface area contributed by atoms with E-state index in [0.29, 0.717) is 17.5 Å². The van der Waals surface area contributed by atoms with Crippen molar-refractivity contribution in [3.05, 3.63) is 59.5 Å². The minimum Gasteiger partial charge on any atom is -0.369 e. The maximum absolute atomic E-state index is 9.53. The number of rotatable bonds is 3. The predicted octanol–water partition coefficient (Wildman–Crippen LogP) is 3.14. The standard InChI is InChI=1S/C27H31N7/c1-19-11-23(17-34(15-19)26-5-4-20(13-28)27-24(26)3-2-6-30-27)33-16-21-12-22(14-31-25(21)18-33)32-9-7-29-8-10-32/h2-6,12,14,19,23,29H,7-11,15-18H2,1H3/t19-,23+/m0/s1. The van der Waals surface area contributed by atoms with Crippen molar-refractivity contribution in [2.75, 3.05) is 49.1 Å². The minimum absolute atomic E-state index is 0.475. The van der Waals surface area contributed by atoms with E-state index in [1.54, 1.807) is 6.20 Å². The van der Waals surface area contributed by atoms with Crippen molar-refractivity contribution in [3.8, 4) is 6.07 Å². The van der Waals surface area contributed by atoms with Crippen LogP contribution in [-0.4, -0.2) is 60.2 Å². The number of anilines is 2. The van der Waals surface area contributed by atoms with Gasteiger partial charge in [0.1, 0.15) is 6.07 Å².